The molecule has 1 saturated carbocycles. The van der Waals surface area contributed by atoms with Crippen LogP contribution in [0.4, 0.5) is 0 Å². The lowest BCUT2D eigenvalue weighted by molar-refractivity contribution is 0.206. The molecule has 3 rings (SSSR count). The number of piperidine rings is 1. The summed E-state index contributed by atoms with van der Waals surface area (Å²) in [5, 5.41) is 0. The topological polar surface area (TPSA) is 29.3 Å². The molecule has 2 atom stereocenters. The summed E-state index contributed by atoms with van der Waals surface area (Å²) in [4.78, 5) is 2.59. The van der Waals surface area contributed by atoms with Crippen LogP contribution in [0.15, 0.2) is 30.3 Å². The first-order chi connectivity index (χ1) is 7.35. The predicted octanol–water partition coefficient (Wildman–Crippen LogP) is 1.61. The summed E-state index contributed by atoms with van der Waals surface area (Å²) >= 11 is 0. The summed E-state index contributed by atoms with van der Waals surface area (Å²) in [6.45, 7) is 3.15. The highest BCUT2D eigenvalue weighted by atomic mass is 15.3. The Morgan fingerprint density at radius 3 is 2.80 bits per heavy atom. The highest BCUT2D eigenvalue weighted by molar-refractivity contribution is 5.20. The highest BCUT2D eigenvalue weighted by Gasteiger charge is 2.60. The van der Waals surface area contributed by atoms with Crippen LogP contribution in [0.5, 0.6) is 0 Å². The van der Waals surface area contributed by atoms with Crippen molar-refractivity contribution in [2.24, 2.45) is 11.7 Å². The third-order valence-corrected chi connectivity index (χ3v) is 4.15. The molecular weight excluding hydrogens is 184 g/mol. The average molecular weight is 202 g/mol. The van der Waals surface area contributed by atoms with E-state index in [1.807, 2.05) is 0 Å². The fourth-order valence-electron chi connectivity index (χ4n) is 3.08. The van der Waals surface area contributed by atoms with Gasteiger partial charge in [-0.3, -0.25) is 4.90 Å². The lowest BCUT2D eigenvalue weighted by atomic mass is 10.1. The summed E-state index contributed by atoms with van der Waals surface area (Å²) in [5.41, 5.74) is 7.71. The Hall–Kier alpha value is -0.860. The van der Waals surface area contributed by atoms with Crippen molar-refractivity contribution < 1.29 is 0 Å². The molecule has 1 aromatic carbocycles. The van der Waals surface area contributed by atoms with Crippen LogP contribution in [0.25, 0.3) is 0 Å². The summed E-state index contributed by atoms with van der Waals surface area (Å²) in [7, 11) is 0. The molecule has 1 aromatic rings. The molecular formula is C13H18N2. The maximum atomic E-state index is 5.91. The minimum absolute atomic E-state index is 0.385. The molecule has 0 amide bonds. The van der Waals surface area contributed by atoms with Gasteiger partial charge in [0.1, 0.15) is 0 Å². The van der Waals surface area contributed by atoms with E-state index in [1.54, 1.807) is 0 Å². The van der Waals surface area contributed by atoms with Gasteiger partial charge in [0, 0.05) is 18.6 Å². The number of hydrogen-bond acceptors (Lipinski definition) is 2. The fourth-order valence-corrected chi connectivity index (χ4v) is 3.08. The van der Waals surface area contributed by atoms with Gasteiger partial charge in [0.2, 0.25) is 0 Å². The lowest BCUT2D eigenvalue weighted by Gasteiger charge is -2.27. The van der Waals surface area contributed by atoms with E-state index in [2.05, 4.69) is 35.2 Å². The lowest BCUT2D eigenvalue weighted by Crippen LogP contribution is -2.40. The third-order valence-electron chi connectivity index (χ3n) is 4.15. The normalized spacial score (nSPS) is 34.1. The van der Waals surface area contributed by atoms with Crippen LogP contribution >= 0.6 is 0 Å². The molecule has 1 aliphatic heterocycles. The molecule has 0 unspecified atom stereocenters. The number of nitrogens with two attached hydrogens (primary N) is 1. The van der Waals surface area contributed by atoms with Crippen LogP contribution < -0.4 is 5.73 Å². The zero-order chi connectivity index (χ0) is 10.3. The second-order valence-corrected chi connectivity index (χ2v) is 4.90. The van der Waals surface area contributed by atoms with E-state index in [1.165, 1.54) is 24.9 Å². The van der Waals surface area contributed by atoms with Crippen LogP contribution in [-0.2, 0) is 6.54 Å². The van der Waals surface area contributed by atoms with E-state index in [-0.39, 0.29) is 0 Å². The number of hydrogen-bond donors (Lipinski definition) is 1. The first-order valence-electron chi connectivity index (χ1n) is 5.84. The SMILES string of the molecule is NC[C@@]12C[C@@H]1CCN2Cc1ccccc1. The minimum atomic E-state index is 0.385. The summed E-state index contributed by atoms with van der Waals surface area (Å²) in [6, 6.07) is 10.7. The number of fused-ring (bicyclic) bond motifs is 1. The largest absolute Gasteiger partial charge is 0.329 e. The molecule has 2 fully saturated rings. The van der Waals surface area contributed by atoms with Crippen molar-refractivity contribution in [3.63, 3.8) is 0 Å². The van der Waals surface area contributed by atoms with Gasteiger partial charge in [0.05, 0.1) is 0 Å². The van der Waals surface area contributed by atoms with Gasteiger partial charge in [0.15, 0.2) is 0 Å². The Morgan fingerprint density at radius 1 is 1.33 bits per heavy atom. The van der Waals surface area contributed by atoms with Crippen molar-refractivity contribution in [2.45, 2.75) is 24.9 Å². The predicted molar refractivity (Wildman–Crippen MR) is 61.4 cm³/mol. The molecule has 1 aliphatic carbocycles. The van der Waals surface area contributed by atoms with E-state index >= 15 is 0 Å². The van der Waals surface area contributed by atoms with Crippen molar-refractivity contribution in [1.82, 2.24) is 4.90 Å². The number of nitrogens with zero attached hydrogens (tertiary/aromatic N) is 1. The zero-order valence-electron chi connectivity index (χ0n) is 9.02. The van der Waals surface area contributed by atoms with Crippen LogP contribution in [0.3, 0.4) is 0 Å². The molecule has 2 nitrogen and oxygen atoms in total. The monoisotopic (exact) mass is 202 g/mol. The number of likely N-dealkylation sites (tertiary alicyclic amines) is 1. The van der Waals surface area contributed by atoms with Gasteiger partial charge in [-0.25, -0.2) is 0 Å². The van der Waals surface area contributed by atoms with Gasteiger partial charge in [-0.2, -0.15) is 0 Å². The fraction of sp³-hybridized carbons (Fsp3) is 0.538. The Kier molecular flexibility index (Phi) is 2.08. The molecule has 0 spiro atoms. The quantitative estimate of drug-likeness (QED) is 0.807. The first-order valence-corrected chi connectivity index (χ1v) is 5.84. The van der Waals surface area contributed by atoms with E-state index in [0.29, 0.717) is 5.54 Å². The summed E-state index contributed by atoms with van der Waals surface area (Å²) in [6.07, 6.45) is 2.68. The molecule has 15 heavy (non-hydrogen) atoms. The Balaban J connectivity index is 1.74. The van der Waals surface area contributed by atoms with Crippen molar-refractivity contribution >= 4 is 0 Å². The second-order valence-electron chi connectivity index (χ2n) is 4.90. The number of rotatable bonds is 3. The van der Waals surface area contributed by atoms with E-state index in [4.69, 9.17) is 5.73 Å². The third kappa shape index (κ3) is 1.40. The van der Waals surface area contributed by atoms with Gasteiger partial charge < -0.3 is 5.73 Å². The average Bonchev–Trinajstić information content (AvgIpc) is 2.92. The van der Waals surface area contributed by atoms with Crippen molar-refractivity contribution in [1.29, 1.82) is 0 Å². The van der Waals surface area contributed by atoms with E-state index < -0.39 is 0 Å². The minimum Gasteiger partial charge on any atom is -0.329 e. The summed E-state index contributed by atoms with van der Waals surface area (Å²) < 4.78 is 0. The Morgan fingerprint density at radius 2 is 2.13 bits per heavy atom. The Bertz CT molecular complexity index is 345. The van der Waals surface area contributed by atoms with E-state index in [9.17, 15) is 0 Å². The molecule has 0 aromatic heterocycles. The molecule has 1 saturated heterocycles. The zero-order valence-corrected chi connectivity index (χ0v) is 9.02. The smallest absolute Gasteiger partial charge is 0.0367 e. The first kappa shape index (κ1) is 9.37. The van der Waals surface area contributed by atoms with Gasteiger partial charge >= 0.3 is 0 Å². The molecule has 1 heterocycles. The highest BCUT2D eigenvalue weighted by Crippen LogP contribution is 2.55. The van der Waals surface area contributed by atoms with Gasteiger partial charge in [-0.05, 0) is 30.9 Å². The molecule has 2 N–H and O–H groups in total. The second kappa shape index (κ2) is 3.32. The van der Waals surface area contributed by atoms with Crippen LogP contribution in [-0.4, -0.2) is 23.5 Å². The van der Waals surface area contributed by atoms with Crippen LogP contribution in [0, 0.1) is 5.92 Å². The molecule has 0 bridgehead atoms. The molecule has 80 valence electrons. The van der Waals surface area contributed by atoms with Crippen LogP contribution in [0.1, 0.15) is 18.4 Å². The Labute approximate surface area is 91.1 Å². The van der Waals surface area contributed by atoms with Gasteiger partial charge in [-0.15, -0.1) is 0 Å². The van der Waals surface area contributed by atoms with Crippen molar-refractivity contribution in [3.05, 3.63) is 35.9 Å². The van der Waals surface area contributed by atoms with Crippen molar-refractivity contribution in [2.75, 3.05) is 13.1 Å². The van der Waals surface area contributed by atoms with Gasteiger partial charge in [-0.1, -0.05) is 30.3 Å². The molecule has 2 heteroatoms. The molecule has 2 aliphatic rings. The summed E-state index contributed by atoms with van der Waals surface area (Å²) in [5.74, 6) is 0.895. The maximum absolute atomic E-state index is 5.91. The maximum Gasteiger partial charge on any atom is 0.0367 e. The van der Waals surface area contributed by atoms with E-state index in [0.717, 1.165) is 19.0 Å². The number of benzene rings is 1. The van der Waals surface area contributed by atoms with Crippen LogP contribution in [0.2, 0.25) is 0 Å². The molecule has 0 radical (unpaired) electrons. The van der Waals surface area contributed by atoms with Gasteiger partial charge in [0.25, 0.3) is 0 Å². The standard InChI is InChI=1S/C13H18N2/c14-10-13-8-12(13)6-7-15(13)9-11-4-2-1-3-5-11/h1-5,12H,6-10,14H2/t12-,13-/m0/s1. The van der Waals surface area contributed by atoms with Crippen molar-refractivity contribution in [3.8, 4) is 0 Å².